The molecule has 1 aliphatic carbocycles. The molecule has 2 aliphatic rings. The van der Waals surface area contributed by atoms with Gasteiger partial charge in [0.25, 0.3) is 5.56 Å². The SMILES string of the molecule is Cc1ccc2cc(CN(Cc3ccc4c(c3)OCO4)Cc3nnnn3C3CCCC3)c(=O)[nH]c2c1. The minimum Gasteiger partial charge on any atom is -0.454 e. The normalized spacial score (nSPS) is 15.5. The van der Waals surface area contributed by atoms with Gasteiger partial charge in [-0.05, 0) is 71.0 Å². The van der Waals surface area contributed by atoms with Crippen molar-refractivity contribution in [3.05, 3.63) is 75.3 Å². The third kappa shape index (κ3) is 4.51. The molecule has 1 aliphatic heterocycles. The Kier molecular flexibility index (Phi) is 5.69. The molecule has 2 aromatic carbocycles. The van der Waals surface area contributed by atoms with Gasteiger partial charge < -0.3 is 14.5 Å². The maximum Gasteiger partial charge on any atom is 0.252 e. The first-order valence-corrected chi connectivity index (χ1v) is 12.1. The van der Waals surface area contributed by atoms with Crippen LogP contribution in [0.5, 0.6) is 11.5 Å². The quantitative estimate of drug-likeness (QED) is 0.436. The third-order valence-corrected chi connectivity index (χ3v) is 6.91. The fourth-order valence-electron chi connectivity index (χ4n) is 5.13. The Balaban J connectivity index is 1.32. The van der Waals surface area contributed by atoms with Crippen molar-refractivity contribution in [2.75, 3.05) is 6.79 Å². The number of hydrogen-bond donors (Lipinski definition) is 1. The van der Waals surface area contributed by atoms with Gasteiger partial charge in [-0.1, -0.05) is 31.0 Å². The highest BCUT2D eigenvalue weighted by Gasteiger charge is 2.23. The topological polar surface area (TPSA) is 98.2 Å². The van der Waals surface area contributed by atoms with Gasteiger partial charge in [0.1, 0.15) is 0 Å². The summed E-state index contributed by atoms with van der Waals surface area (Å²) in [5, 5.41) is 13.7. The minimum absolute atomic E-state index is 0.0748. The average molecular weight is 473 g/mol. The molecule has 0 bridgehead atoms. The summed E-state index contributed by atoms with van der Waals surface area (Å²) in [5.41, 5.74) is 3.67. The number of aromatic nitrogens is 5. The van der Waals surface area contributed by atoms with E-state index >= 15 is 0 Å². The van der Waals surface area contributed by atoms with Crippen LogP contribution in [0.15, 0.2) is 47.3 Å². The molecule has 0 amide bonds. The van der Waals surface area contributed by atoms with Gasteiger partial charge in [-0.2, -0.15) is 0 Å². The van der Waals surface area contributed by atoms with E-state index in [0.29, 0.717) is 31.2 Å². The van der Waals surface area contributed by atoms with E-state index in [1.54, 1.807) is 0 Å². The van der Waals surface area contributed by atoms with Gasteiger partial charge in [0.05, 0.1) is 12.6 Å². The number of aromatic amines is 1. The molecule has 0 spiro atoms. The van der Waals surface area contributed by atoms with E-state index in [0.717, 1.165) is 52.2 Å². The summed E-state index contributed by atoms with van der Waals surface area (Å²) in [5.74, 6) is 2.33. The van der Waals surface area contributed by atoms with E-state index in [4.69, 9.17) is 9.47 Å². The molecular formula is C26H28N6O3. The number of nitrogens with one attached hydrogen (secondary N) is 1. The fraction of sp³-hybridized carbons (Fsp3) is 0.385. The van der Waals surface area contributed by atoms with E-state index in [-0.39, 0.29) is 12.4 Å². The van der Waals surface area contributed by atoms with Crippen molar-refractivity contribution in [1.82, 2.24) is 30.1 Å². The van der Waals surface area contributed by atoms with E-state index in [2.05, 4.69) is 31.5 Å². The van der Waals surface area contributed by atoms with Crippen molar-refractivity contribution >= 4 is 10.9 Å². The third-order valence-electron chi connectivity index (χ3n) is 6.91. The number of hydrogen-bond acceptors (Lipinski definition) is 7. The van der Waals surface area contributed by atoms with Gasteiger partial charge in [-0.15, -0.1) is 5.10 Å². The Labute approximate surface area is 202 Å². The van der Waals surface area contributed by atoms with Crippen LogP contribution in [0.3, 0.4) is 0 Å². The Morgan fingerprint density at radius 2 is 1.89 bits per heavy atom. The molecule has 6 rings (SSSR count). The van der Waals surface area contributed by atoms with Crippen molar-refractivity contribution in [2.45, 2.75) is 58.3 Å². The number of H-pyrrole nitrogens is 1. The number of pyridine rings is 1. The second-order valence-corrected chi connectivity index (χ2v) is 9.53. The number of rotatable bonds is 7. The molecule has 9 heteroatoms. The number of benzene rings is 2. The average Bonchev–Trinajstić information content (AvgIpc) is 3.61. The van der Waals surface area contributed by atoms with Crippen molar-refractivity contribution in [3.8, 4) is 11.5 Å². The first kappa shape index (κ1) is 21.8. The van der Waals surface area contributed by atoms with Crippen LogP contribution in [0.2, 0.25) is 0 Å². The second kappa shape index (κ2) is 9.14. The maximum absolute atomic E-state index is 13.0. The van der Waals surface area contributed by atoms with Crippen LogP contribution < -0.4 is 15.0 Å². The zero-order valence-electron chi connectivity index (χ0n) is 19.7. The summed E-state index contributed by atoms with van der Waals surface area (Å²) in [6.07, 6.45) is 4.61. The largest absolute Gasteiger partial charge is 0.454 e. The van der Waals surface area contributed by atoms with E-state index in [9.17, 15) is 4.79 Å². The Hall–Kier alpha value is -3.72. The van der Waals surface area contributed by atoms with Crippen molar-refractivity contribution in [2.24, 2.45) is 0 Å². The first-order valence-electron chi connectivity index (χ1n) is 12.1. The van der Waals surface area contributed by atoms with Gasteiger partial charge in [0.2, 0.25) is 6.79 Å². The van der Waals surface area contributed by atoms with Gasteiger partial charge in [0.15, 0.2) is 17.3 Å². The highest BCUT2D eigenvalue weighted by Crippen LogP contribution is 2.33. The lowest BCUT2D eigenvalue weighted by Gasteiger charge is -2.23. The molecule has 2 aromatic heterocycles. The lowest BCUT2D eigenvalue weighted by molar-refractivity contribution is 0.174. The molecule has 1 N–H and O–H groups in total. The van der Waals surface area contributed by atoms with Crippen LogP contribution in [0.1, 0.15) is 54.2 Å². The summed E-state index contributed by atoms with van der Waals surface area (Å²) < 4.78 is 13.0. The number of ether oxygens (including phenoxy) is 2. The lowest BCUT2D eigenvalue weighted by atomic mass is 10.1. The summed E-state index contributed by atoms with van der Waals surface area (Å²) in [4.78, 5) is 18.3. The molecule has 35 heavy (non-hydrogen) atoms. The minimum atomic E-state index is -0.0748. The number of fused-ring (bicyclic) bond motifs is 2. The monoisotopic (exact) mass is 472 g/mol. The fourth-order valence-corrected chi connectivity index (χ4v) is 5.13. The lowest BCUT2D eigenvalue weighted by Crippen LogP contribution is -2.28. The van der Waals surface area contributed by atoms with Gasteiger partial charge >= 0.3 is 0 Å². The summed E-state index contributed by atoms with van der Waals surface area (Å²) in [7, 11) is 0. The van der Waals surface area contributed by atoms with Crippen molar-refractivity contribution < 1.29 is 9.47 Å². The van der Waals surface area contributed by atoms with Crippen molar-refractivity contribution in [1.29, 1.82) is 0 Å². The first-order chi connectivity index (χ1) is 17.1. The standard InChI is InChI=1S/C26H28N6O3/c1-17-6-8-19-12-20(26(33)27-22(19)10-17)14-31(13-18-7-9-23-24(11-18)35-16-34-23)15-25-28-29-30-32(25)21-4-2-3-5-21/h6-12,21H,2-5,13-16H2,1H3,(H,27,33). The van der Waals surface area contributed by atoms with Crippen LogP contribution in [0, 0.1) is 6.92 Å². The second-order valence-electron chi connectivity index (χ2n) is 9.53. The molecule has 0 atom stereocenters. The molecule has 4 aromatic rings. The van der Waals surface area contributed by atoms with Gasteiger partial charge in [0, 0.05) is 24.2 Å². The number of tetrazole rings is 1. The highest BCUT2D eigenvalue weighted by molar-refractivity contribution is 5.79. The summed E-state index contributed by atoms with van der Waals surface area (Å²) in [6.45, 7) is 3.87. The van der Waals surface area contributed by atoms with E-state index in [1.807, 2.05) is 48.0 Å². The molecule has 9 nitrogen and oxygen atoms in total. The maximum atomic E-state index is 13.0. The van der Waals surface area contributed by atoms with Crippen LogP contribution >= 0.6 is 0 Å². The van der Waals surface area contributed by atoms with Crippen LogP contribution in [0.25, 0.3) is 10.9 Å². The zero-order valence-corrected chi connectivity index (χ0v) is 19.7. The zero-order chi connectivity index (χ0) is 23.8. The van der Waals surface area contributed by atoms with E-state index in [1.165, 1.54) is 12.8 Å². The Bertz CT molecular complexity index is 1420. The van der Waals surface area contributed by atoms with Crippen LogP contribution in [-0.4, -0.2) is 36.9 Å². The van der Waals surface area contributed by atoms with Crippen LogP contribution in [0.4, 0.5) is 0 Å². The highest BCUT2D eigenvalue weighted by atomic mass is 16.7. The van der Waals surface area contributed by atoms with Gasteiger partial charge in [-0.3, -0.25) is 9.69 Å². The number of aryl methyl sites for hydroxylation is 1. The smallest absolute Gasteiger partial charge is 0.252 e. The predicted molar refractivity (Wildman–Crippen MR) is 130 cm³/mol. The molecule has 1 fully saturated rings. The molecule has 0 saturated heterocycles. The summed E-state index contributed by atoms with van der Waals surface area (Å²) in [6, 6.07) is 14.4. The van der Waals surface area contributed by atoms with Crippen LogP contribution in [-0.2, 0) is 19.6 Å². The van der Waals surface area contributed by atoms with Crippen molar-refractivity contribution in [3.63, 3.8) is 0 Å². The molecule has 3 heterocycles. The molecular weight excluding hydrogens is 444 g/mol. The molecule has 1 saturated carbocycles. The molecule has 0 radical (unpaired) electrons. The predicted octanol–water partition coefficient (Wildman–Crippen LogP) is 3.87. The number of nitrogens with zero attached hydrogens (tertiary/aromatic N) is 5. The molecule has 0 unspecified atom stereocenters. The van der Waals surface area contributed by atoms with E-state index < -0.39 is 0 Å². The summed E-state index contributed by atoms with van der Waals surface area (Å²) >= 11 is 0. The Morgan fingerprint density at radius 3 is 2.77 bits per heavy atom. The Morgan fingerprint density at radius 1 is 1.03 bits per heavy atom. The van der Waals surface area contributed by atoms with Gasteiger partial charge in [-0.25, -0.2) is 4.68 Å². The molecule has 180 valence electrons.